The monoisotopic (exact) mass is 223 g/mol. The summed E-state index contributed by atoms with van der Waals surface area (Å²) in [5.41, 5.74) is 1.61. The molecule has 0 atom stereocenters. The second-order valence-corrected chi connectivity index (χ2v) is 3.46. The molecule has 0 aliphatic rings. The lowest BCUT2D eigenvalue weighted by molar-refractivity contribution is 0.583. The number of nitrogens with zero attached hydrogens (tertiary/aromatic N) is 5. The summed E-state index contributed by atoms with van der Waals surface area (Å²) >= 11 is 5.79. The largest absolute Gasteiger partial charge is 0.243 e. The molecule has 6 heteroatoms. The number of aromatic nitrogens is 5. The zero-order chi connectivity index (χ0) is 10.7. The molecular formula is C9H10ClN5. The van der Waals surface area contributed by atoms with Crippen LogP contribution < -0.4 is 0 Å². The standard InChI is InChI=1S/C9H10ClN5/c1-2-3-15-8(5-13-14-15)7-4-9(10)12-6-11-7/h4-6H,2-3H2,1H3. The van der Waals surface area contributed by atoms with Gasteiger partial charge in [-0.25, -0.2) is 14.6 Å². The maximum Gasteiger partial charge on any atom is 0.133 e. The molecule has 2 aromatic heterocycles. The molecule has 5 nitrogen and oxygen atoms in total. The highest BCUT2D eigenvalue weighted by Crippen LogP contribution is 2.17. The van der Waals surface area contributed by atoms with Gasteiger partial charge in [-0.2, -0.15) is 0 Å². The van der Waals surface area contributed by atoms with Crippen molar-refractivity contribution in [3.05, 3.63) is 23.7 Å². The first-order valence-electron chi connectivity index (χ1n) is 4.67. The first-order chi connectivity index (χ1) is 7.31. The van der Waals surface area contributed by atoms with Crippen molar-refractivity contribution < 1.29 is 0 Å². The van der Waals surface area contributed by atoms with E-state index in [0.717, 1.165) is 24.4 Å². The molecule has 0 saturated carbocycles. The van der Waals surface area contributed by atoms with Crippen molar-refractivity contribution >= 4 is 11.6 Å². The van der Waals surface area contributed by atoms with Gasteiger partial charge in [0, 0.05) is 12.6 Å². The molecule has 0 aliphatic carbocycles. The van der Waals surface area contributed by atoms with Gasteiger partial charge in [-0.15, -0.1) is 5.10 Å². The van der Waals surface area contributed by atoms with E-state index in [9.17, 15) is 0 Å². The predicted molar refractivity (Wildman–Crippen MR) is 56.3 cm³/mol. The van der Waals surface area contributed by atoms with Crippen molar-refractivity contribution in [1.29, 1.82) is 0 Å². The van der Waals surface area contributed by atoms with Gasteiger partial charge in [-0.3, -0.25) is 0 Å². The van der Waals surface area contributed by atoms with Crippen molar-refractivity contribution in [2.45, 2.75) is 19.9 Å². The molecular weight excluding hydrogens is 214 g/mol. The highest BCUT2D eigenvalue weighted by atomic mass is 35.5. The van der Waals surface area contributed by atoms with Crippen LogP contribution in [0.15, 0.2) is 18.6 Å². The highest BCUT2D eigenvalue weighted by molar-refractivity contribution is 6.29. The lowest BCUT2D eigenvalue weighted by Gasteiger charge is -2.03. The van der Waals surface area contributed by atoms with Gasteiger partial charge in [-0.1, -0.05) is 23.7 Å². The van der Waals surface area contributed by atoms with Gasteiger partial charge in [0.2, 0.25) is 0 Å². The average Bonchev–Trinajstić information content (AvgIpc) is 2.66. The van der Waals surface area contributed by atoms with Crippen molar-refractivity contribution in [3.8, 4) is 11.4 Å². The number of halogens is 1. The van der Waals surface area contributed by atoms with Gasteiger partial charge in [0.05, 0.1) is 11.9 Å². The van der Waals surface area contributed by atoms with E-state index < -0.39 is 0 Å². The third kappa shape index (κ3) is 2.12. The molecule has 15 heavy (non-hydrogen) atoms. The Morgan fingerprint density at radius 1 is 1.40 bits per heavy atom. The Balaban J connectivity index is 2.40. The van der Waals surface area contributed by atoms with E-state index in [2.05, 4.69) is 27.2 Å². The fraction of sp³-hybridized carbons (Fsp3) is 0.333. The summed E-state index contributed by atoms with van der Waals surface area (Å²) in [4.78, 5) is 7.96. The third-order valence-corrected chi connectivity index (χ3v) is 2.16. The Bertz CT molecular complexity index is 453. The van der Waals surface area contributed by atoms with Crippen LogP contribution in [0.1, 0.15) is 13.3 Å². The molecule has 0 aromatic carbocycles. The Kier molecular flexibility index (Phi) is 2.91. The SMILES string of the molecule is CCCn1nncc1-c1cc(Cl)ncn1. The van der Waals surface area contributed by atoms with Crippen LogP contribution in [0.3, 0.4) is 0 Å². The van der Waals surface area contributed by atoms with Crippen LogP contribution in [0.4, 0.5) is 0 Å². The molecule has 2 rings (SSSR count). The van der Waals surface area contributed by atoms with Crippen LogP contribution >= 0.6 is 11.6 Å². The smallest absolute Gasteiger partial charge is 0.133 e. The number of rotatable bonds is 3. The minimum Gasteiger partial charge on any atom is -0.243 e. The molecule has 0 aliphatic heterocycles. The summed E-state index contributed by atoms with van der Waals surface area (Å²) in [5, 5.41) is 8.25. The molecule has 0 N–H and O–H groups in total. The minimum atomic E-state index is 0.421. The van der Waals surface area contributed by atoms with Crippen LogP contribution in [0, 0.1) is 0 Å². The average molecular weight is 224 g/mol. The maximum absolute atomic E-state index is 5.79. The predicted octanol–water partition coefficient (Wildman–Crippen LogP) is 1.80. The van der Waals surface area contributed by atoms with Crippen LogP contribution in [0.2, 0.25) is 5.15 Å². The Morgan fingerprint density at radius 2 is 2.27 bits per heavy atom. The fourth-order valence-corrected chi connectivity index (χ4v) is 1.45. The Morgan fingerprint density at radius 3 is 3.00 bits per heavy atom. The van der Waals surface area contributed by atoms with Crippen molar-refractivity contribution in [3.63, 3.8) is 0 Å². The van der Waals surface area contributed by atoms with Gasteiger partial charge >= 0.3 is 0 Å². The van der Waals surface area contributed by atoms with Gasteiger partial charge in [0.25, 0.3) is 0 Å². The van der Waals surface area contributed by atoms with Crippen LogP contribution in [-0.2, 0) is 6.54 Å². The topological polar surface area (TPSA) is 56.5 Å². The van der Waals surface area contributed by atoms with Crippen molar-refractivity contribution in [2.75, 3.05) is 0 Å². The zero-order valence-corrected chi connectivity index (χ0v) is 9.02. The summed E-state index contributed by atoms with van der Waals surface area (Å²) in [5.74, 6) is 0. The normalized spacial score (nSPS) is 10.5. The van der Waals surface area contributed by atoms with Crippen molar-refractivity contribution in [2.24, 2.45) is 0 Å². The van der Waals surface area contributed by atoms with Crippen LogP contribution in [-0.4, -0.2) is 25.0 Å². The second-order valence-electron chi connectivity index (χ2n) is 3.07. The molecule has 0 spiro atoms. The third-order valence-electron chi connectivity index (χ3n) is 1.95. The lowest BCUT2D eigenvalue weighted by atomic mass is 10.3. The molecule has 0 saturated heterocycles. The lowest BCUT2D eigenvalue weighted by Crippen LogP contribution is -2.02. The first-order valence-corrected chi connectivity index (χ1v) is 5.05. The number of aryl methyl sites for hydroxylation is 1. The molecule has 78 valence electrons. The maximum atomic E-state index is 5.79. The summed E-state index contributed by atoms with van der Waals surface area (Å²) < 4.78 is 1.80. The van der Waals surface area contributed by atoms with E-state index in [0.29, 0.717) is 5.15 Å². The minimum absolute atomic E-state index is 0.421. The summed E-state index contributed by atoms with van der Waals surface area (Å²) in [6.07, 6.45) is 4.10. The van der Waals surface area contributed by atoms with E-state index in [1.54, 1.807) is 16.9 Å². The van der Waals surface area contributed by atoms with Gasteiger partial charge < -0.3 is 0 Å². The Labute approximate surface area is 92.1 Å². The van der Waals surface area contributed by atoms with Crippen LogP contribution in [0.5, 0.6) is 0 Å². The second kappa shape index (κ2) is 4.35. The quantitative estimate of drug-likeness (QED) is 0.745. The molecule has 0 amide bonds. The summed E-state index contributed by atoms with van der Waals surface area (Å²) in [6, 6.07) is 1.70. The Hall–Kier alpha value is -1.49. The van der Waals surface area contributed by atoms with Crippen molar-refractivity contribution in [1.82, 2.24) is 25.0 Å². The zero-order valence-electron chi connectivity index (χ0n) is 8.26. The summed E-state index contributed by atoms with van der Waals surface area (Å²) in [6.45, 7) is 2.90. The molecule has 0 radical (unpaired) electrons. The molecule has 2 heterocycles. The van der Waals surface area contributed by atoms with E-state index in [1.165, 1.54) is 6.33 Å². The fourth-order valence-electron chi connectivity index (χ4n) is 1.31. The number of hydrogen-bond acceptors (Lipinski definition) is 4. The number of hydrogen-bond donors (Lipinski definition) is 0. The van der Waals surface area contributed by atoms with Gasteiger partial charge in [-0.05, 0) is 6.42 Å². The van der Waals surface area contributed by atoms with Crippen LogP contribution in [0.25, 0.3) is 11.4 Å². The molecule has 0 unspecified atom stereocenters. The van der Waals surface area contributed by atoms with E-state index in [1.807, 2.05) is 0 Å². The summed E-state index contributed by atoms with van der Waals surface area (Å²) in [7, 11) is 0. The first kappa shape index (κ1) is 10.0. The van der Waals surface area contributed by atoms with E-state index >= 15 is 0 Å². The molecule has 2 aromatic rings. The van der Waals surface area contributed by atoms with Gasteiger partial charge in [0.15, 0.2) is 0 Å². The molecule has 0 fully saturated rings. The van der Waals surface area contributed by atoms with E-state index in [-0.39, 0.29) is 0 Å². The molecule has 0 bridgehead atoms. The highest BCUT2D eigenvalue weighted by Gasteiger charge is 2.07. The van der Waals surface area contributed by atoms with E-state index in [4.69, 9.17) is 11.6 Å². The van der Waals surface area contributed by atoms with Gasteiger partial charge in [0.1, 0.15) is 17.2 Å².